The summed E-state index contributed by atoms with van der Waals surface area (Å²) < 4.78 is 79.5. The second kappa shape index (κ2) is 11.9. The number of carbonyl (C=O) groups is 3. The Labute approximate surface area is 244 Å². The van der Waals surface area contributed by atoms with Crippen LogP contribution >= 0.6 is 46.7 Å². The molecule has 1 aliphatic heterocycles. The molecule has 1 saturated heterocycles. The molecule has 1 aromatic carbocycles. The number of thiophene rings is 1. The quantitative estimate of drug-likeness (QED) is 0.169. The number of aromatic nitrogens is 2. The maximum Gasteiger partial charge on any atom is 0.416 e. The fraction of sp³-hybridized carbons (Fsp3) is 0.217. The van der Waals surface area contributed by atoms with E-state index in [9.17, 15) is 40.7 Å². The van der Waals surface area contributed by atoms with Gasteiger partial charge >= 0.3 is 18.3 Å². The topological polar surface area (TPSA) is 112 Å². The second-order valence-corrected chi connectivity index (χ2v) is 11.9. The molecule has 3 heterocycles. The minimum atomic E-state index is -4.99. The largest absolute Gasteiger partial charge is 0.481 e. The van der Waals surface area contributed by atoms with Crippen LogP contribution in [0.2, 0.25) is 0 Å². The SMILES string of the molecule is O=C(O)Cc1nnc(NC(=O)CCN2C(=O)/C(=C/c3cc(-c4cc(C(F)(F)F)cc(C(F)(F)F)c4)cs3)SC2=S)s1. The van der Waals surface area contributed by atoms with Crippen LogP contribution in [0.3, 0.4) is 0 Å². The van der Waals surface area contributed by atoms with Crippen LogP contribution in [0.4, 0.5) is 31.5 Å². The molecular formula is C23H14F6N4O4S4. The number of amides is 2. The monoisotopic (exact) mass is 652 g/mol. The average Bonchev–Trinajstić information content (AvgIpc) is 3.57. The Morgan fingerprint density at radius 3 is 2.29 bits per heavy atom. The first-order chi connectivity index (χ1) is 19.1. The number of nitrogens with zero attached hydrogens (tertiary/aromatic N) is 3. The lowest BCUT2D eigenvalue weighted by atomic mass is 10.0. The molecule has 2 amide bonds. The minimum absolute atomic E-state index is 0.0485. The van der Waals surface area contributed by atoms with E-state index in [0.29, 0.717) is 17.0 Å². The zero-order chi connectivity index (χ0) is 30.1. The number of thiocarbonyl (C=S) groups is 1. The molecule has 0 saturated carbocycles. The number of anilines is 1. The maximum atomic E-state index is 13.2. The molecule has 4 rings (SSSR count). The zero-order valence-corrected chi connectivity index (χ0v) is 23.3. The third-order valence-electron chi connectivity index (χ3n) is 5.27. The van der Waals surface area contributed by atoms with Gasteiger partial charge in [-0.15, -0.1) is 21.5 Å². The number of thioether (sulfide) groups is 1. The van der Waals surface area contributed by atoms with Gasteiger partial charge in [-0.25, -0.2) is 0 Å². The average molecular weight is 653 g/mol. The van der Waals surface area contributed by atoms with Gasteiger partial charge in [0.15, 0.2) is 0 Å². The van der Waals surface area contributed by atoms with Gasteiger partial charge < -0.3 is 10.4 Å². The highest BCUT2D eigenvalue weighted by Gasteiger charge is 2.37. The Morgan fingerprint density at radius 2 is 1.68 bits per heavy atom. The Kier molecular flexibility index (Phi) is 8.86. The summed E-state index contributed by atoms with van der Waals surface area (Å²) in [6.45, 7) is -0.0885. The molecule has 1 fully saturated rings. The number of hydrogen-bond donors (Lipinski definition) is 2. The van der Waals surface area contributed by atoms with Crippen LogP contribution in [-0.2, 0) is 33.2 Å². The lowest BCUT2D eigenvalue weighted by Crippen LogP contribution is -2.31. The number of alkyl halides is 6. The molecule has 41 heavy (non-hydrogen) atoms. The maximum absolute atomic E-state index is 13.2. The molecular weight excluding hydrogens is 639 g/mol. The molecule has 216 valence electrons. The molecule has 0 aliphatic carbocycles. The highest BCUT2D eigenvalue weighted by Crippen LogP contribution is 2.40. The van der Waals surface area contributed by atoms with E-state index in [1.165, 1.54) is 22.4 Å². The van der Waals surface area contributed by atoms with Crippen molar-refractivity contribution in [2.24, 2.45) is 0 Å². The predicted octanol–water partition coefficient (Wildman–Crippen LogP) is 6.16. The van der Waals surface area contributed by atoms with Gasteiger partial charge in [-0.3, -0.25) is 19.3 Å². The number of carbonyl (C=O) groups excluding carboxylic acids is 2. The molecule has 0 radical (unpaired) electrons. The summed E-state index contributed by atoms with van der Waals surface area (Å²) in [6.07, 6.45) is -9.08. The minimum Gasteiger partial charge on any atom is -0.481 e. The smallest absolute Gasteiger partial charge is 0.416 e. The second-order valence-electron chi connectivity index (χ2n) is 8.24. The van der Waals surface area contributed by atoms with E-state index in [1.54, 1.807) is 0 Å². The van der Waals surface area contributed by atoms with E-state index in [-0.39, 0.29) is 55.9 Å². The first-order valence-corrected chi connectivity index (χ1v) is 14.0. The van der Waals surface area contributed by atoms with Crippen molar-refractivity contribution in [3.63, 3.8) is 0 Å². The molecule has 2 aromatic heterocycles. The highest BCUT2D eigenvalue weighted by atomic mass is 32.2. The Balaban J connectivity index is 1.44. The number of rotatable bonds is 8. The van der Waals surface area contributed by atoms with Crippen LogP contribution < -0.4 is 5.32 Å². The van der Waals surface area contributed by atoms with E-state index in [2.05, 4.69) is 15.5 Å². The first-order valence-electron chi connectivity index (χ1n) is 11.1. The van der Waals surface area contributed by atoms with E-state index in [4.69, 9.17) is 17.3 Å². The van der Waals surface area contributed by atoms with Crippen molar-refractivity contribution in [2.45, 2.75) is 25.2 Å². The van der Waals surface area contributed by atoms with Crippen molar-refractivity contribution < 1.29 is 45.8 Å². The first kappa shape index (κ1) is 30.6. The number of halogens is 6. The fourth-order valence-corrected chi connectivity index (χ4v) is 6.39. The highest BCUT2D eigenvalue weighted by molar-refractivity contribution is 8.26. The van der Waals surface area contributed by atoms with E-state index < -0.39 is 41.3 Å². The van der Waals surface area contributed by atoms with Crippen molar-refractivity contribution in [3.05, 3.63) is 55.6 Å². The van der Waals surface area contributed by atoms with Crippen molar-refractivity contribution in [1.29, 1.82) is 0 Å². The van der Waals surface area contributed by atoms with Gasteiger partial charge in [-0.1, -0.05) is 35.3 Å². The summed E-state index contributed by atoms with van der Waals surface area (Å²) >= 11 is 8.05. The van der Waals surface area contributed by atoms with Gasteiger partial charge in [0.2, 0.25) is 11.0 Å². The molecule has 3 aromatic rings. The van der Waals surface area contributed by atoms with Gasteiger partial charge in [0.05, 0.1) is 22.5 Å². The molecule has 8 nitrogen and oxygen atoms in total. The van der Waals surface area contributed by atoms with Crippen LogP contribution in [0, 0.1) is 0 Å². The Bertz CT molecular complexity index is 1530. The third-order valence-corrected chi connectivity index (χ3v) is 8.36. The summed E-state index contributed by atoms with van der Waals surface area (Å²) in [6, 6.07) is 2.66. The number of benzene rings is 1. The Morgan fingerprint density at radius 1 is 1.02 bits per heavy atom. The number of hydrogen-bond acceptors (Lipinski definition) is 9. The predicted molar refractivity (Wildman–Crippen MR) is 144 cm³/mol. The summed E-state index contributed by atoms with van der Waals surface area (Å²) in [5.41, 5.74) is -3.06. The van der Waals surface area contributed by atoms with E-state index >= 15 is 0 Å². The van der Waals surface area contributed by atoms with E-state index in [1.807, 2.05) is 0 Å². The number of nitrogens with one attached hydrogen (secondary N) is 1. The molecule has 0 bridgehead atoms. The molecule has 18 heteroatoms. The summed E-state index contributed by atoms with van der Waals surface area (Å²) in [5.74, 6) is -2.16. The van der Waals surface area contributed by atoms with Gasteiger partial charge in [-0.05, 0) is 46.8 Å². The van der Waals surface area contributed by atoms with E-state index in [0.717, 1.165) is 34.4 Å². The van der Waals surface area contributed by atoms with Crippen LogP contribution in [0.15, 0.2) is 34.6 Å². The van der Waals surface area contributed by atoms with Crippen LogP contribution in [0.5, 0.6) is 0 Å². The Hall–Kier alpha value is -3.35. The molecule has 0 unspecified atom stereocenters. The lowest BCUT2D eigenvalue weighted by molar-refractivity contribution is -0.143. The van der Waals surface area contributed by atoms with Crippen molar-refractivity contribution in [3.8, 4) is 11.1 Å². The van der Waals surface area contributed by atoms with Gasteiger partial charge in [0, 0.05) is 17.8 Å². The molecule has 1 aliphatic rings. The van der Waals surface area contributed by atoms with Crippen molar-refractivity contribution in [2.75, 3.05) is 11.9 Å². The number of aliphatic carboxylic acids is 1. The standard InChI is InChI=1S/C23H14F6N4O4S4/c24-22(25,26)12-3-10(4-13(6-12)23(27,28)29)11-5-14(39-9-11)7-15-19(37)33(21(38)40-15)2-1-16(34)30-20-32-31-17(41-20)8-18(35)36/h3-7,9H,1-2,8H2,(H,35,36)(H,30,32,34)/b15-7-. The summed E-state index contributed by atoms with van der Waals surface area (Å²) in [5, 5.41) is 20.2. The normalized spacial score (nSPS) is 15.2. The molecule has 2 N–H and O–H groups in total. The van der Waals surface area contributed by atoms with Crippen LogP contribution in [0.25, 0.3) is 17.2 Å². The van der Waals surface area contributed by atoms with Crippen molar-refractivity contribution >= 4 is 80.0 Å². The number of carboxylic acid groups (broad SMARTS) is 1. The summed E-state index contributed by atoms with van der Waals surface area (Å²) in [4.78, 5) is 37.6. The molecule has 0 atom stereocenters. The van der Waals surface area contributed by atoms with Gasteiger partial charge in [0.1, 0.15) is 9.33 Å². The van der Waals surface area contributed by atoms with Crippen molar-refractivity contribution in [1.82, 2.24) is 15.1 Å². The lowest BCUT2D eigenvalue weighted by Gasteiger charge is -2.13. The van der Waals surface area contributed by atoms with Gasteiger partial charge in [0.25, 0.3) is 5.91 Å². The molecule has 0 spiro atoms. The van der Waals surface area contributed by atoms with Crippen LogP contribution in [0.1, 0.15) is 27.4 Å². The van der Waals surface area contributed by atoms with Gasteiger partial charge in [-0.2, -0.15) is 26.3 Å². The van der Waals surface area contributed by atoms with Crippen LogP contribution in [-0.4, -0.2) is 48.9 Å². The fourth-order valence-electron chi connectivity index (χ4n) is 3.42. The summed E-state index contributed by atoms with van der Waals surface area (Å²) in [7, 11) is 0. The zero-order valence-electron chi connectivity index (χ0n) is 20.0. The number of carboxylic acids is 1. The third kappa shape index (κ3) is 7.69.